The molecule has 5 heteroatoms. The van der Waals surface area contributed by atoms with Crippen LogP contribution in [0.25, 0.3) is 0 Å². The number of hydrogen-bond acceptors (Lipinski definition) is 4. The number of carbonyl (C=O) groups excluding carboxylic acids is 1. The molecule has 0 N–H and O–H groups in total. The van der Waals surface area contributed by atoms with Crippen molar-refractivity contribution in [3.05, 3.63) is 47.6 Å². The Morgan fingerprint density at radius 3 is 2.52 bits per heavy atom. The molecule has 134 valence electrons. The van der Waals surface area contributed by atoms with Crippen LogP contribution in [0.1, 0.15) is 64.4 Å². The summed E-state index contributed by atoms with van der Waals surface area (Å²) < 4.78 is 5.29. The molecule has 1 aromatic carbocycles. The minimum Gasteiger partial charge on any atom is -0.339 e. The molecule has 5 nitrogen and oxygen atoms in total. The summed E-state index contributed by atoms with van der Waals surface area (Å²) in [4.78, 5) is 19.1. The highest BCUT2D eigenvalue weighted by Crippen LogP contribution is 2.48. The van der Waals surface area contributed by atoms with Gasteiger partial charge in [-0.1, -0.05) is 70.1 Å². The molecule has 1 fully saturated rings. The highest BCUT2D eigenvalue weighted by molar-refractivity contribution is 5.78. The number of hydrogen-bond donors (Lipinski definition) is 0. The number of likely N-dealkylation sites (tertiary alicyclic amines) is 1. The summed E-state index contributed by atoms with van der Waals surface area (Å²) in [5.41, 5.74) is 1.15. The van der Waals surface area contributed by atoms with Crippen LogP contribution in [-0.4, -0.2) is 27.5 Å². The molecule has 1 atom stereocenters. The minimum absolute atomic E-state index is 0.0981. The maximum atomic E-state index is 12.7. The van der Waals surface area contributed by atoms with Gasteiger partial charge in [-0.05, 0) is 5.56 Å². The number of nitrogens with zero attached hydrogens (tertiary/aromatic N) is 3. The van der Waals surface area contributed by atoms with Crippen LogP contribution < -0.4 is 0 Å². The Kier molecular flexibility index (Phi) is 4.43. The zero-order chi connectivity index (χ0) is 18.2. The third-order valence-corrected chi connectivity index (χ3v) is 4.76. The Labute approximate surface area is 149 Å². The Hall–Kier alpha value is -2.17. The number of carbonyl (C=O) groups is 1. The van der Waals surface area contributed by atoms with Crippen LogP contribution in [0.2, 0.25) is 0 Å². The Balaban J connectivity index is 1.64. The van der Waals surface area contributed by atoms with Crippen molar-refractivity contribution < 1.29 is 9.32 Å². The monoisotopic (exact) mass is 341 g/mol. The van der Waals surface area contributed by atoms with Crippen molar-refractivity contribution in [2.75, 3.05) is 6.54 Å². The topological polar surface area (TPSA) is 59.2 Å². The zero-order valence-corrected chi connectivity index (χ0v) is 15.7. The molecule has 0 saturated carbocycles. The molecule has 1 aliphatic heterocycles. The van der Waals surface area contributed by atoms with Gasteiger partial charge in [0.15, 0.2) is 5.82 Å². The van der Waals surface area contributed by atoms with Crippen molar-refractivity contribution in [2.45, 2.75) is 58.9 Å². The van der Waals surface area contributed by atoms with Crippen molar-refractivity contribution in [3.8, 4) is 0 Å². The molecule has 1 aliphatic rings. The lowest BCUT2D eigenvalue weighted by atomic mass is 9.71. The lowest BCUT2D eigenvalue weighted by molar-refractivity contribution is -0.152. The standard InChI is InChI=1S/C20H27N3O2/c1-19(2,3)18-21-15(25-22-18)11-12-16(24)23-13-20(4,5)17(23)14-9-7-6-8-10-14/h6-10,17H,11-13H2,1-5H3. The van der Waals surface area contributed by atoms with Gasteiger partial charge in [-0.2, -0.15) is 4.98 Å². The van der Waals surface area contributed by atoms with Gasteiger partial charge in [-0.3, -0.25) is 4.79 Å². The second-order valence-corrected chi connectivity index (χ2v) is 8.59. The van der Waals surface area contributed by atoms with E-state index < -0.39 is 0 Å². The summed E-state index contributed by atoms with van der Waals surface area (Å²) in [6.07, 6.45) is 0.880. The molecule has 0 bridgehead atoms. The largest absolute Gasteiger partial charge is 0.339 e. The first-order chi connectivity index (χ1) is 11.7. The number of benzene rings is 1. The molecule has 2 aromatic rings. The van der Waals surface area contributed by atoms with Crippen LogP contribution in [0.15, 0.2) is 34.9 Å². The summed E-state index contributed by atoms with van der Waals surface area (Å²) in [5, 5.41) is 4.02. The van der Waals surface area contributed by atoms with Crippen LogP contribution in [-0.2, 0) is 16.6 Å². The van der Waals surface area contributed by atoms with E-state index in [4.69, 9.17) is 4.52 Å². The smallest absolute Gasteiger partial charge is 0.227 e. The highest BCUT2D eigenvalue weighted by Gasteiger charge is 2.48. The summed E-state index contributed by atoms with van der Waals surface area (Å²) in [6.45, 7) is 11.3. The molecular weight excluding hydrogens is 314 g/mol. The van der Waals surface area contributed by atoms with E-state index >= 15 is 0 Å². The van der Waals surface area contributed by atoms with E-state index in [0.29, 0.717) is 24.6 Å². The maximum Gasteiger partial charge on any atom is 0.227 e. The van der Waals surface area contributed by atoms with Gasteiger partial charge in [0.2, 0.25) is 11.8 Å². The molecule has 1 amide bonds. The van der Waals surface area contributed by atoms with Crippen molar-refractivity contribution in [3.63, 3.8) is 0 Å². The maximum absolute atomic E-state index is 12.7. The average Bonchev–Trinajstić information content (AvgIpc) is 3.01. The van der Waals surface area contributed by atoms with Gasteiger partial charge < -0.3 is 9.42 Å². The van der Waals surface area contributed by atoms with E-state index in [1.165, 1.54) is 5.56 Å². The number of aromatic nitrogens is 2. The summed E-state index contributed by atoms with van der Waals surface area (Å²) in [6, 6.07) is 10.4. The average molecular weight is 341 g/mol. The van der Waals surface area contributed by atoms with Gasteiger partial charge in [-0.15, -0.1) is 0 Å². The van der Waals surface area contributed by atoms with E-state index in [1.807, 2.05) is 43.9 Å². The first kappa shape index (κ1) is 17.6. The molecule has 1 aromatic heterocycles. The summed E-state index contributed by atoms with van der Waals surface area (Å²) in [7, 11) is 0. The Morgan fingerprint density at radius 1 is 1.28 bits per heavy atom. The first-order valence-electron chi connectivity index (χ1n) is 8.86. The van der Waals surface area contributed by atoms with Gasteiger partial charge in [0.1, 0.15) is 0 Å². The quantitative estimate of drug-likeness (QED) is 0.846. The second-order valence-electron chi connectivity index (χ2n) is 8.59. The van der Waals surface area contributed by atoms with Gasteiger partial charge in [0.05, 0.1) is 6.04 Å². The van der Waals surface area contributed by atoms with E-state index in [2.05, 4.69) is 36.1 Å². The number of aryl methyl sites for hydroxylation is 1. The molecule has 0 spiro atoms. The predicted molar refractivity (Wildman–Crippen MR) is 96.0 cm³/mol. The SMILES string of the molecule is CC(C)(C)c1noc(CCC(=O)N2CC(C)(C)C2c2ccccc2)n1. The lowest BCUT2D eigenvalue weighted by Gasteiger charge is -2.54. The van der Waals surface area contributed by atoms with Gasteiger partial charge >= 0.3 is 0 Å². The van der Waals surface area contributed by atoms with Crippen LogP contribution in [0.4, 0.5) is 0 Å². The third-order valence-electron chi connectivity index (χ3n) is 4.76. The summed E-state index contributed by atoms with van der Waals surface area (Å²) in [5.74, 6) is 1.36. The van der Waals surface area contributed by atoms with Crippen LogP contribution in [0.5, 0.6) is 0 Å². The van der Waals surface area contributed by atoms with E-state index in [1.54, 1.807) is 0 Å². The summed E-state index contributed by atoms with van der Waals surface area (Å²) >= 11 is 0. The van der Waals surface area contributed by atoms with E-state index in [9.17, 15) is 4.79 Å². The molecule has 3 rings (SSSR count). The Morgan fingerprint density at radius 2 is 1.96 bits per heavy atom. The molecule has 0 radical (unpaired) electrons. The fraction of sp³-hybridized carbons (Fsp3) is 0.550. The fourth-order valence-electron chi connectivity index (χ4n) is 3.44. The predicted octanol–water partition coefficient (Wildman–Crippen LogP) is 3.91. The van der Waals surface area contributed by atoms with Gasteiger partial charge in [0, 0.05) is 30.2 Å². The molecule has 2 heterocycles. The highest BCUT2D eigenvalue weighted by atomic mass is 16.5. The van der Waals surface area contributed by atoms with Gasteiger partial charge in [0.25, 0.3) is 0 Å². The van der Waals surface area contributed by atoms with Crippen LogP contribution in [0.3, 0.4) is 0 Å². The molecule has 0 aliphatic carbocycles. The zero-order valence-electron chi connectivity index (χ0n) is 15.7. The number of amides is 1. The van der Waals surface area contributed by atoms with Crippen molar-refractivity contribution >= 4 is 5.91 Å². The van der Waals surface area contributed by atoms with Crippen LogP contribution >= 0.6 is 0 Å². The van der Waals surface area contributed by atoms with E-state index in [-0.39, 0.29) is 22.8 Å². The minimum atomic E-state index is -0.147. The lowest BCUT2D eigenvalue weighted by Crippen LogP contribution is -2.57. The van der Waals surface area contributed by atoms with E-state index in [0.717, 1.165) is 6.54 Å². The first-order valence-corrected chi connectivity index (χ1v) is 8.86. The second kappa shape index (κ2) is 6.28. The molecule has 1 saturated heterocycles. The molecule has 1 unspecified atom stereocenters. The fourth-order valence-corrected chi connectivity index (χ4v) is 3.44. The molecule has 25 heavy (non-hydrogen) atoms. The number of rotatable bonds is 4. The Bertz CT molecular complexity index is 744. The van der Waals surface area contributed by atoms with Crippen molar-refractivity contribution in [1.82, 2.24) is 15.0 Å². The molecular formula is C20H27N3O2. The van der Waals surface area contributed by atoms with Crippen molar-refractivity contribution in [1.29, 1.82) is 0 Å². The van der Waals surface area contributed by atoms with Crippen molar-refractivity contribution in [2.24, 2.45) is 5.41 Å². The normalized spacial score (nSPS) is 19.6. The van der Waals surface area contributed by atoms with Gasteiger partial charge in [-0.25, -0.2) is 0 Å². The third kappa shape index (κ3) is 3.60. The van der Waals surface area contributed by atoms with Crippen LogP contribution in [0, 0.1) is 5.41 Å².